The summed E-state index contributed by atoms with van der Waals surface area (Å²) in [4.78, 5) is 39.0. The number of hydrogen-bond acceptors (Lipinski definition) is 3. The highest BCUT2D eigenvalue weighted by Gasteiger charge is 2.36. The number of anilines is 1. The fourth-order valence-corrected chi connectivity index (χ4v) is 4.31. The van der Waals surface area contributed by atoms with Crippen LogP contribution in [0.1, 0.15) is 27.8 Å². The van der Waals surface area contributed by atoms with Gasteiger partial charge in [-0.15, -0.1) is 0 Å². The van der Waals surface area contributed by atoms with Crippen LogP contribution in [0.2, 0.25) is 5.02 Å². The van der Waals surface area contributed by atoms with Crippen LogP contribution in [-0.2, 0) is 16.0 Å². The molecule has 0 bridgehead atoms. The summed E-state index contributed by atoms with van der Waals surface area (Å²) in [6.45, 7) is 3.84. The van der Waals surface area contributed by atoms with Crippen molar-refractivity contribution in [3.05, 3.63) is 104 Å². The number of carbonyl (C=O) groups excluding carboxylic acids is 3. The van der Waals surface area contributed by atoms with Gasteiger partial charge in [-0.3, -0.25) is 14.9 Å². The number of imide groups is 2. The largest absolute Gasteiger partial charge is 0.335 e. The van der Waals surface area contributed by atoms with E-state index in [-0.39, 0.29) is 5.57 Å². The summed E-state index contributed by atoms with van der Waals surface area (Å²) in [6, 6.07) is 17.7. The molecule has 1 aliphatic rings. The molecule has 3 aromatic carbocycles. The minimum absolute atomic E-state index is 0.112. The zero-order valence-electron chi connectivity index (χ0n) is 18.0. The van der Waals surface area contributed by atoms with Crippen LogP contribution in [0.25, 0.3) is 6.08 Å². The third kappa shape index (κ3) is 4.77. The van der Waals surface area contributed by atoms with E-state index in [2.05, 4.69) is 21.2 Å². The van der Waals surface area contributed by atoms with E-state index in [0.717, 1.165) is 31.6 Å². The Hall–Kier alpha value is -3.22. The third-order valence-corrected chi connectivity index (χ3v) is 6.68. The van der Waals surface area contributed by atoms with Crippen LogP contribution in [-0.4, -0.2) is 17.8 Å². The molecule has 1 saturated heterocycles. The fourth-order valence-electron chi connectivity index (χ4n) is 3.57. The molecule has 5 nitrogen and oxygen atoms in total. The highest BCUT2D eigenvalue weighted by atomic mass is 79.9. The number of halogens is 2. The minimum atomic E-state index is -0.762. The monoisotopic (exact) mass is 522 g/mol. The molecule has 166 valence electrons. The molecule has 1 heterocycles. The number of rotatable bonds is 4. The van der Waals surface area contributed by atoms with Gasteiger partial charge in [-0.25, -0.2) is 9.69 Å². The van der Waals surface area contributed by atoms with Crippen molar-refractivity contribution >= 4 is 57.1 Å². The van der Waals surface area contributed by atoms with E-state index in [1.54, 1.807) is 12.1 Å². The third-order valence-electron chi connectivity index (χ3n) is 5.58. The van der Waals surface area contributed by atoms with Crippen LogP contribution in [0, 0.1) is 13.8 Å². The second-order valence-electron chi connectivity index (χ2n) is 7.85. The number of nitrogens with zero attached hydrogens (tertiary/aromatic N) is 1. The van der Waals surface area contributed by atoms with Crippen LogP contribution < -0.4 is 10.2 Å². The van der Waals surface area contributed by atoms with Gasteiger partial charge in [0.25, 0.3) is 11.8 Å². The van der Waals surface area contributed by atoms with Gasteiger partial charge in [-0.05, 0) is 72.0 Å². The summed E-state index contributed by atoms with van der Waals surface area (Å²) in [5.74, 6) is -1.38. The van der Waals surface area contributed by atoms with Gasteiger partial charge in [0, 0.05) is 15.9 Å². The number of barbiturate groups is 1. The highest BCUT2D eigenvalue weighted by molar-refractivity contribution is 9.10. The Bertz CT molecular complexity index is 1330. The molecule has 1 fully saturated rings. The molecule has 0 unspecified atom stereocenters. The Labute approximate surface area is 205 Å². The number of benzene rings is 3. The van der Waals surface area contributed by atoms with Crippen molar-refractivity contribution in [3.63, 3.8) is 0 Å². The van der Waals surface area contributed by atoms with Gasteiger partial charge in [0.15, 0.2) is 0 Å². The van der Waals surface area contributed by atoms with Gasteiger partial charge >= 0.3 is 6.03 Å². The first-order valence-electron chi connectivity index (χ1n) is 10.2. The average Bonchev–Trinajstić information content (AvgIpc) is 2.76. The van der Waals surface area contributed by atoms with Crippen molar-refractivity contribution in [2.45, 2.75) is 20.3 Å². The number of aryl methyl sites for hydroxylation is 2. The van der Waals surface area contributed by atoms with Gasteiger partial charge in [0.1, 0.15) is 5.57 Å². The zero-order chi connectivity index (χ0) is 23.7. The Kier molecular flexibility index (Phi) is 6.49. The molecule has 0 aliphatic carbocycles. The summed E-state index contributed by atoms with van der Waals surface area (Å²) in [5.41, 5.74) is 4.93. The van der Waals surface area contributed by atoms with Crippen molar-refractivity contribution < 1.29 is 14.4 Å². The highest BCUT2D eigenvalue weighted by Crippen LogP contribution is 2.27. The first kappa shape index (κ1) is 23.0. The zero-order valence-corrected chi connectivity index (χ0v) is 20.3. The van der Waals surface area contributed by atoms with Crippen LogP contribution >= 0.6 is 27.5 Å². The fraction of sp³-hybridized carbons (Fsp3) is 0.115. The van der Waals surface area contributed by atoms with E-state index < -0.39 is 17.8 Å². The number of nitrogens with one attached hydrogen (secondary N) is 1. The Morgan fingerprint density at radius 3 is 2.39 bits per heavy atom. The summed E-state index contributed by atoms with van der Waals surface area (Å²) < 4.78 is 0.822. The predicted molar refractivity (Wildman–Crippen MR) is 133 cm³/mol. The van der Waals surface area contributed by atoms with Crippen molar-refractivity contribution in [3.8, 4) is 0 Å². The number of hydrogen-bond donors (Lipinski definition) is 1. The Balaban J connectivity index is 1.64. The van der Waals surface area contributed by atoms with Gasteiger partial charge in [0.05, 0.1) is 5.69 Å². The predicted octanol–water partition coefficient (Wildman–Crippen LogP) is 5.98. The van der Waals surface area contributed by atoms with Gasteiger partial charge in [0.2, 0.25) is 0 Å². The van der Waals surface area contributed by atoms with Crippen LogP contribution in [0.4, 0.5) is 10.5 Å². The lowest BCUT2D eigenvalue weighted by molar-refractivity contribution is -0.122. The topological polar surface area (TPSA) is 66.5 Å². The molecule has 0 saturated carbocycles. The second-order valence-corrected chi connectivity index (χ2v) is 9.11. The van der Waals surface area contributed by atoms with E-state index >= 15 is 0 Å². The minimum Gasteiger partial charge on any atom is -0.273 e. The number of amides is 4. The first-order chi connectivity index (χ1) is 15.7. The van der Waals surface area contributed by atoms with Crippen LogP contribution in [0.5, 0.6) is 0 Å². The van der Waals surface area contributed by atoms with Crippen molar-refractivity contribution in [1.29, 1.82) is 0 Å². The van der Waals surface area contributed by atoms with Crippen molar-refractivity contribution in [2.24, 2.45) is 0 Å². The molecule has 1 N–H and O–H groups in total. The molecule has 0 atom stereocenters. The molecular weight excluding hydrogens is 504 g/mol. The van der Waals surface area contributed by atoms with E-state index in [1.165, 1.54) is 6.08 Å². The number of carbonyl (C=O) groups is 3. The number of urea groups is 1. The van der Waals surface area contributed by atoms with E-state index in [4.69, 9.17) is 11.6 Å². The summed E-state index contributed by atoms with van der Waals surface area (Å²) >= 11 is 9.85. The molecule has 33 heavy (non-hydrogen) atoms. The van der Waals surface area contributed by atoms with E-state index in [9.17, 15) is 14.4 Å². The SMILES string of the molecule is Cc1ccc(N2C(=O)NC(=O)/C(=C\c3ccc(Cc4ccccc4Cl)c(Br)c3)C2=O)cc1C. The molecule has 7 heteroatoms. The lowest BCUT2D eigenvalue weighted by atomic mass is 10.0. The van der Waals surface area contributed by atoms with Gasteiger partial charge < -0.3 is 0 Å². The van der Waals surface area contributed by atoms with E-state index in [0.29, 0.717) is 22.7 Å². The van der Waals surface area contributed by atoms with Crippen LogP contribution in [0.15, 0.2) is 70.7 Å². The van der Waals surface area contributed by atoms with E-state index in [1.807, 2.05) is 62.4 Å². The lowest BCUT2D eigenvalue weighted by Gasteiger charge is -2.26. The second kappa shape index (κ2) is 9.33. The molecule has 4 rings (SSSR count). The molecule has 3 aromatic rings. The first-order valence-corrected chi connectivity index (χ1v) is 11.4. The van der Waals surface area contributed by atoms with Crippen LogP contribution in [0.3, 0.4) is 0 Å². The van der Waals surface area contributed by atoms with Gasteiger partial charge in [-0.2, -0.15) is 0 Å². The smallest absolute Gasteiger partial charge is 0.273 e. The van der Waals surface area contributed by atoms with Crippen molar-refractivity contribution in [2.75, 3.05) is 4.90 Å². The lowest BCUT2D eigenvalue weighted by Crippen LogP contribution is -2.54. The molecule has 0 aromatic heterocycles. The standard InChI is InChI=1S/C26H20BrClN2O3/c1-15-7-10-20(11-16(15)2)30-25(32)21(24(31)29-26(30)33)12-17-8-9-18(22(27)13-17)14-19-5-3-4-6-23(19)28/h3-13H,14H2,1-2H3,(H,29,31,33)/b21-12+. The summed E-state index contributed by atoms with van der Waals surface area (Å²) in [7, 11) is 0. The Morgan fingerprint density at radius 2 is 1.70 bits per heavy atom. The normalized spacial score (nSPS) is 15.2. The van der Waals surface area contributed by atoms with Gasteiger partial charge in [-0.1, -0.05) is 63.9 Å². The molecule has 0 spiro atoms. The van der Waals surface area contributed by atoms with Crippen molar-refractivity contribution in [1.82, 2.24) is 5.32 Å². The quantitative estimate of drug-likeness (QED) is 0.338. The maximum atomic E-state index is 13.1. The maximum Gasteiger partial charge on any atom is 0.335 e. The summed E-state index contributed by atoms with van der Waals surface area (Å²) in [6.07, 6.45) is 2.12. The maximum absolute atomic E-state index is 13.1. The summed E-state index contributed by atoms with van der Waals surface area (Å²) in [5, 5.41) is 2.95. The average molecular weight is 524 g/mol. The molecule has 0 radical (unpaired) electrons. The molecule has 4 amide bonds. The molecular formula is C26H20BrClN2O3. The Morgan fingerprint density at radius 1 is 0.939 bits per heavy atom. The molecule has 1 aliphatic heterocycles.